The summed E-state index contributed by atoms with van der Waals surface area (Å²) in [6.07, 6.45) is 6.26. The maximum Gasteiger partial charge on any atom is 0.0997 e. The molecule has 3 heteroatoms. The van der Waals surface area contributed by atoms with Crippen LogP contribution in [0.4, 0.5) is 0 Å². The van der Waals surface area contributed by atoms with Crippen molar-refractivity contribution in [3.05, 3.63) is 12.2 Å². The Morgan fingerprint density at radius 2 is 2.00 bits per heavy atom. The fraction of sp³-hybridized carbons (Fsp3) is 0.867. The Labute approximate surface area is 118 Å². The second kappa shape index (κ2) is 3.62. The van der Waals surface area contributed by atoms with Crippen molar-refractivity contribution < 1.29 is 9.84 Å². The molecule has 2 fully saturated rings. The molecule has 0 aromatic carbocycles. The van der Waals surface area contributed by atoms with E-state index in [1.807, 2.05) is 0 Å². The van der Waals surface area contributed by atoms with Gasteiger partial charge < -0.3 is 9.84 Å². The van der Waals surface area contributed by atoms with Crippen molar-refractivity contribution in [3.8, 4) is 0 Å². The lowest BCUT2D eigenvalue weighted by atomic mass is 9.65. The molecule has 18 heavy (non-hydrogen) atoms. The minimum absolute atomic E-state index is 0.0206. The molecule has 102 valence electrons. The van der Waals surface area contributed by atoms with Crippen LogP contribution < -0.4 is 0 Å². The van der Waals surface area contributed by atoms with E-state index in [1.165, 1.54) is 0 Å². The summed E-state index contributed by atoms with van der Waals surface area (Å²) >= 11 is 3.66. The van der Waals surface area contributed by atoms with E-state index in [-0.39, 0.29) is 27.5 Å². The minimum atomic E-state index is -0.365. The van der Waals surface area contributed by atoms with Gasteiger partial charge in [-0.1, -0.05) is 48.9 Å². The zero-order valence-electron chi connectivity index (χ0n) is 11.6. The first kappa shape index (κ1) is 13.1. The van der Waals surface area contributed by atoms with Crippen LogP contribution >= 0.6 is 15.9 Å². The van der Waals surface area contributed by atoms with E-state index in [4.69, 9.17) is 4.74 Å². The van der Waals surface area contributed by atoms with Gasteiger partial charge in [0.1, 0.15) is 0 Å². The molecule has 0 amide bonds. The van der Waals surface area contributed by atoms with Crippen molar-refractivity contribution in [1.29, 1.82) is 0 Å². The van der Waals surface area contributed by atoms with Gasteiger partial charge in [-0.2, -0.15) is 0 Å². The third-order valence-electron chi connectivity index (χ3n) is 5.75. The van der Waals surface area contributed by atoms with Gasteiger partial charge in [0.2, 0.25) is 0 Å². The van der Waals surface area contributed by atoms with Crippen LogP contribution in [-0.4, -0.2) is 27.2 Å². The predicted molar refractivity (Wildman–Crippen MR) is 75.8 cm³/mol. The molecule has 0 radical (unpaired) electrons. The van der Waals surface area contributed by atoms with E-state index in [1.54, 1.807) is 0 Å². The lowest BCUT2D eigenvalue weighted by molar-refractivity contribution is -0.227. The highest BCUT2D eigenvalue weighted by atomic mass is 79.9. The molecule has 6 atom stereocenters. The van der Waals surface area contributed by atoms with Gasteiger partial charge in [0.15, 0.2) is 0 Å². The quantitative estimate of drug-likeness (QED) is 0.594. The van der Waals surface area contributed by atoms with E-state index >= 15 is 0 Å². The van der Waals surface area contributed by atoms with Gasteiger partial charge in [0.25, 0.3) is 0 Å². The summed E-state index contributed by atoms with van der Waals surface area (Å²) < 4.78 is 6.54. The van der Waals surface area contributed by atoms with E-state index in [0.29, 0.717) is 11.8 Å². The molecule has 2 heterocycles. The highest BCUT2D eigenvalue weighted by molar-refractivity contribution is 9.09. The maximum absolute atomic E-state index is 10.8. The topological polar surface area (TPSA) is 29.5 Å². The zero-order chi connectivity index (χ0) is 13.3. The summed E-state index contributed by atoms with van der Waals surface area (Å²) in [6, 6.07) is 0. The third kappa shape index (κ3) is 1.26. The van der Waals surface area contributed by atoms with Crippen LogP contribution in [0.2, 0.25) is 0 Å². The van der Waals surface area contributed by atoms with Crippen molar-refractivity contribution in [1.82, 2.24) is 0 Å². The summed E-state index contributed by atoms with van der Waals surface area (Å²) in [7, 11) is 0. The number of aliphatic hydroxyl groups is 1. The zero-order valence-corrected chi connectivity index (χ0v) is 13.2. The number of ether oxygens (including phenoxy) is 1. The first-order valence-electron chi connectivity index (χ1n) is 6.99. The van der Waals surface area contributed by atoms with Crippen LogP contribution in [0.25, 0.3) is 0 Å². The van der Waals surface area contributed by atoms with Crippen molar-refractivity contribution in [2.45, 2.75) is 62.7 Å². The number of halogens is 1. The predicted octanol–water partition coefficient (Wildman–Crippen LogP) is 3.28. The molecule has 0 aromatic rings. The molecule has 0 aromatic heterocycles. The molecule has 1 saturated carbocycles. The van der Waals surface area contributed by atoms with Gasteiger partial charge in [0, 0.05) is 5.41 Å². The SMILES string of the molecule is CC(C)[C@H]1CC[C@@]2(C)[C@H](O)[C@H](Br)[C@]3(C)C=C[C@]12O3. The molecule has 2 nitrogen and oxygen atoms in total. The Bertz CT molecular complexity index is 407. The van der Waals surface area contributed by atoms with Gasteiger partial charge in [-0.3, -0.25) is 0 Å². The van der Waals surface area contributed by atoms with Crippen LogP contribution in [0.5, 0.6) is 0 Å². The molecule has 1 N–H and O–H groups in total. The Morgan fingerprint density at radius 3 is 2.61 bits per heavy atom. The second-order valence-corrected chi connectivity index (χ2v) is 8.05. The van der Waals surface area contributed by atoms with Crippen molar-refractivity contribution in [3.63, 3.8) is 0 Å². The smallest absolute Gasteiger partial charge is 0.0997 e. The average molecular weight is 315 g/mol. The molecule has 1 saturated heterocycles. The first-order valence-corrected chi connectivity index (χ1v) is 7.91. The van der Waals surface area contributed by atoms with Gasteiger partial charge in [-0.05, 0) is 31.6 Å². The highest BCUT2D eigenvalue weighted by Crippen LogP contribution is 2.65. The fourth-order valence-electron chi connectivity index (χ4n) is 4.51. The summed E-state index contributed by atoms with van der Waals surface area (Å²) in [4.78, 5) is -0.0206. The maximum atomic E-state index is 10.8. The third-order valence-corrected chi connectivity index (χ3v) is 7.16. The fourth-order valence-corrected chi connectivity index (χ4v) is 5.34. The standard InChI is InChI=1S/C15H23BrO2/c1-9(2)10-5-6-13(3)12(17)11(16)14(4)7-8-15(10,13)18-14/h7-12,17H,5-6H2,1-4H3/t10-,11+,12-,13+,14+,15+/m1/s1. The number of fused-ring (bicyclic) bond motifs is 1. The Morgan fingerprint density at radius 1 is 1.33 bits per heavy atom. The Hall–Kier alpha value is 0.140. The summed E-state index contributed by atoms with van der Waals surface area (Å²) in [5, 5.41) is 10.8. The number of rotatable bonds is 1. The summed E-state index contributed by atoms with van der Waals surface area (Å²) in [6.45, 7) is 8.81. The van der Waals surface area contributed by atoms with E-state index < -0.39 is 0 Å². The molecule has 1 aliphatic carbocycles. The molecule has 2 bridgehead atoms. The molecule has 1 spiro atoms. The molecular formula is C15H23BrO2. The Balaban J connectivity index is 2.12. The van der Waals surface area contributed by atoms with Gasteiger partial charge in [-0.25, -0.2) is 0 Å². The van der Waals surface area contributed by atoms with Gasteiger partial charge >= 0.3 is 0 Å². The van der Waals surface area contributed by atoms with Crippen molar-refractivity contribution >= 4 is 15.9 Å². The van der Waals surface area contributed by atoms with Crippen molar-refractivity contribution in [2.24, 2.45) is 17.3 Å². The second-order valence-electron chi connectivity index (χ2n) is 7.07. The lowest BCUT2D eigenvalue weighted by Crippen LogP contribution is -2.65. The lowest BCUT2D eigenvalue weighted by Gasteiger charge is -2.55. The summed E-state index contributed by atoms with van der Waals surface area (Å²) in [5.74, 6) is 1.09. The van der Waals surface area contributed by atoms with Crippen LogP contribution in [0.15, 0.2) is 12.2 Å². The van der Waals surface area contributed by atoms with E-state index in [2.05, 4.69) is 55.8 Å². The average Bonchev–Trinajstić information content (AvgIpc) is 2.78. The molecule has 0 unspecified atom stereocenters. The number of alkyl halides is 1. The van der Waals surface area contributed by atoms with Crippen molar-refractivity contribution in [2.75, 3.05) is 0 Å². The van der Waals surface area contributed by atoms with Crippen LogP contribution in [0.1, 0.15) is 40.5 Å². The monoisotopic (exact) mass is 314 g/mol. The summed E-state index contributed by atoms with van der Waals surface area (Å²) in [5.41, 5.74) is -0.793. The van der Waals surface area contributed by atoms with E-state index in [9.17, 15) is 5.11 Å². The molecular weight excluding hydrogens is 292 g/mol. The van der Waals surface area contributed by atoms with E-state index in [0.717, 1.165) is 12.8 Å². The Kier molecular flexibility index (Phi) is 2.64. The number of hydrogen-bond acceptors (Lipinski definition) is 2. The van der Waals surface area contributed by atoms with Gasteiger partial charge in [0.05, 0.1) is 22.1 Å². The van der Waals surface area contributed by atoms with Crippen LogP contribution in [0, 0.1) is 17.3 Å². The molecule has 3 aliphatic rings. The highest BCUT2D eigenvalue weighted by Gasteiger charge is 2.70. The largest absolute Gasteiger partial charge is 0.391 e. The normalized spacial score (nSPS) is 58.3. The molecule has 3 rings (SSSR count). The van der Waals surface area contributed by atoms with Crippen LogP contribution in [0.3, 0.4) is 0 Å². The first-order chi connectivity index (χ1) is 8.27. The number of hydrogen-bond donors (Lipinski definition) is 1. The minimum Gasteiger partial charge on any atom is -0.391 e. The van der Waals surface area contributed by atoms with Gasteiger partial charge in [-0.15, -0.1) is 0 Å². The van der Waals surface area contributed by atoms with Crippen LogP contribution in [-0.2, 0) is 4.74 Å². The molecule has 2 aliphatic heterocycles. The number of aliphatic hydroxyl groups excluding tert-OH is 1.